The molecule has 9 heteroatoms. The van der Waals surface area contributed by atoms with E-state index in [2.05, 4.69) is 4.72 Å². The molecule has 33 heavy (non-hydrogen) atoms. The third kappa shape index (κ3) is 5.16. The molecule has 2 heterocycles. The van der Waals surface area contributed by atoms with E-state index in [4.69, 9.17) is 13.9 Å². The van der Waals surface area contributed by atoms with Crippen LogP contribution in [-0.4, -0.2) is 33.6 Å². The summed E-state index contributed by atoms with van der Waals surface area (Å²) in [6.07, 6.45) is 1.63. The van der Waals surface area contributed by atoms with Crippen molar-refractivity contribution in [3.63, 3.8) is 0 Å². The van der Waals surface area contributed by atoms with Crippen LogP contribution in [0.5, 0.6) is 0 Å². The Labute approximate surface area is 191 Å². The fourth-order valence-corrected chi connectivity index (χ4v) is 4.80. The molecule has 8 nitrogen and oxygen atoms in total. The topological polar surface area (TPSA) is 112 Å². The monoisotopic (exact) mass is 471 g/mol. The minimum atomic E-state index is -3.71. The molecule has 1 atom stereocenters. The lowest BCUT2D eigenvalue weighted by Crippen LogP contribution is -2.31. The lowest BCUT2D eigenvalue weighted by Gasteiger charge is -2.12. The molecule has 4 rings (SSSR count). The van der Waals surface area contributed by atoms with Crippen molar-refractivity contribution >= 4 is 27.0 Å². The highest BCUT2D eigenvalue weighted by molar-refractivity contribution is 7.89. The van der Waals surface area contributed by atoms with Crippen molar-refractivity contribution in [1.82, 2.24) is 4.72 Å². The molecule has 3 aromatic rings. The summed E-state index contributed by atoms with van der Waals surface area (Å²) in [6, 6.07) is 10.5. The largest absolute Gasteiger partial charge is 0.457 e. The van der Waals surface area contributed by atoms with Crippen molar-refractivity contribution in [2.24, 2.45) is 0 Å². The van der Waals surface area contributed by atoms with Gasteiger partial charge in [-0.05, 0) is 62.1 Å². The molecule has 1 fully saturated rings. The molecule has 0 amide bonds. The van der Waals surface area contributed by atoms with E-state index in [0.29, 0.717) is 23.1 Å². The molecule has 1 N–H and O–H groups in total. The van der Waals surface area contributed by atoms with Gasteiger partial charge >= 0.3 is 11.6 Å². The summed E-state index contributed by atoms with van der Waals surface area (Å²) in [7, 11) is -3.71. The van der Waals surface area contributed by atoms with Gasteiger partial charge in [0, 0.05) is 30.2 Å². The quantitative estimate of drug-likeness (QED) is 0.416. The summed E-state index contributed by atoms with van der Waals surface area (Å²) >= 11 is 0. The van der Waals surface area contributed by atoms with Gasteiger partial charge in [-0.2, -0.15) is 0 Å². The van der Waals surface area contributed by atoms with Crippen molar-refractivity contribution in [3.8, 4) is 0 Å². The van der Waals surface area contributed by atoms with Crippen LogP contribution in [0.2, 0.25) is 0 Å². The molecule has 1 unspecified atom stereocenters. The first-order valence-corrected chi connectivity index (χ1v) is 12.1. The molecule has 1 aromatic heterocycles. The highest BCUT2D eigenvalue weighted by Gasteiger charge is 2.21. The molecule has 2 aromatic carbocycles. The first-order chi connectivity index (χ1) is 15.7. The van der Waals surface area contributed by atoms with E-state index in [0.717, 1.165) is 24.0 Å². The van der Waals surface area contributed by atoms with E-state index in [1.165, 1.54) is 30.3 Å². The van der Waals surface area contributed by atoms with Crippen molar-refractivity contribution < 1.29 is 27.1 Å². The number of esters is 1. The highest BCUT2D eigenvalue weighted by atomic mass is 32.2. The first kappa shape index (κ1) is 23.2. The molecule has 0 bridgehead atoms. The second-order valence-corrected chi connectivity index (χ2v) is 9.83. The summed E-state index contributed by atoms with van der Waals surface area (Å²) in [6.45, 7) is 4.52. The van der Waals surface area contributed by atoms with E-state index < -0.39 is 21.6 Å². The van der Waals surface area contributed by atoms with Crippen molar-refractivity contribution in [3.05, 3.63) is 75.1 Å². The summed E-state index contributed by atoms with van der Waals surface area (Å²) < 4.78 is 43.6. The molecule has 0 radical (unpaired) electrons. The minimum Gasteiger partial charge on any atom is -0.457 e. The fourth-order valence-electron chi connectivity index (χ4n) is 3.73. The standard InChI is InChI=1S/C24H25NO7S/c1-15-5-10-21-18(12-22(26)32-23(21)16(15)2)14-31-24(27)17-6-8-20(9-7-17)33(28,29)25-13-19-4-3-11-30-19/h5-10,12,19,25H,3-4,11,13-14H2,1-2H3. The number of benzene rings is 2. The number of fused-ring (bicyclic) bond motifs is 1. The third-order valence-electron chi connectivity index (χ3n) is 5.80. The Balaban J connectivity index is 1.44. The molecule has 1 saturated heterocycles. The Morgan fingerprint density at radius 1 is 1.15 bits per heavy atom. The molecule has 1 aliphatic heterocycles. The van der Waals surface area contributed by atoms with Gasteiger partial charge < -0.3 is 13.9 Å². The molecule has 174 valence electrons. The van der Waals surface area contributed by atoms with Crippen molar-refractivity contribution in [1.29, 1.82) is 0 Å². The average Bonchev–Trinajstić information content (AvgIpc) is 3.32. The van der Waals surface area contributed by atoms with E-state index in [9.17, 15) is 18.0 Å². The first-order valence-electron chi connectivity index (χ1n) is 10.7. The molecular weight excluding hydrogens is 446 g/mol. The van der Waals surface area contributed by atoms with Gasteiger partial charge in [-0.15, -0.1) is 0 Å². The second-order valence-electron chi connectivity index (χ2n) is 8.06. The average molecular weight is 472 g/mol. The number of hydrogen-bond acceptors (Lipinski definition) is 7. The predicted octanol–water partition coefficient (Wildman–Crippen LogP) is 3.22. The van der Waals surface area contributed by atoms with Crippen LogP contribution in [0.3, 0.4) is 0 Å². The Hall–Kier alpha value is -3.01. The van der Waals surface area contributed by atoms with Crippen LogP contribution in [0.1, 0.15) is 39.9 Å². The molecule has 0 saturated carbocycles. The molecule has 0 spiro atoms. The number of rotatable bonds is 7. The lowest BCUT2D eigenvalue weighted by molar-refractivity contribution is 0.0473. The number of sulfonamides is 1. The predicted molar refractivity (Wildman–Crippen MR) is 122 cm³/mol. The SMILES string of the molecule is Cc1ccc2c(COC(=O)c3ccc(S(=O)(=O)NCC4CCCO4)cc3)cc(=O)oc2c1C. The number of carbonyl (C=O) groups excluding carboxylic acids is 1. The van der Waals surface area contributed by atoms with Crippen LogP contribution in [0, 0.1) is 13.8 Å². The van der Waals surface area contributed by atoms with Gasteiger partial charge in [0.1, 0.15) is 12.2 Å². The van der Waals surface area contributed by atoms with Gasteiger partial charge in [-0.1, -0.05) is 12.1 Å². The zero-order valence-corrected chi connectivity index (χ0v) is 19.2. The number of hydrogen-bond donors (Lipinski definition) is 1. The van der Waals surface area contributed by atoms with Gasteiger partial charge in [-0.25, -0.2) is 22.7 Å². The van der Waals surface area contributed by atoms with Gasteiger partial charge in [0.05, 0.1) is 16.6 Å². The fraction of sp³-hybridized carbons (Fsp3) is 0.333. The Morgan fingerprint density at radius 2 is 1.91 bits per heavy atom. The highest BCUT2D eigenvalue weighted by Crippen LogP contribution is 2.24. The van der Waals surface area contributed by atoms with Crippen LogP contribution in [0.25, 0.3) is 11.0 Å². The van der Waals surface area contributed by atoms with E-state index in [1.54, 1.807) is 0 Å². The number of aryl methyl sites for hydroxylation is 2. The summed E-state index contributed by atoms with van der Waals surface area (Å²) in [5, 5.41) is 0.698. The Morgan fingerprint density at radius 3 is 2.61 bits per heavy atom. The number of carbonyl (C=O) groups is 1. The number of nitrogens with one attached hydrogen (secondary N) is 1. The Kier molecular flexibility index (Phi) is 6.64. The van der Waals surface area contributed by atoms with Crippen LogP contribution >= 0.6 is 0 Å². The van der Waals surface area contributed by atoms with Crippen LogP contribution in [-0.2, 0) is 26.1 Å². The normalized spacial score (nSPS) is 16.2. The van der Waals surface area contributed by atoms with Crippen molar-refractivity contribution in [2.45, 2.75) is 44.3 Å². The van der Waals surface area contributed by atoms with Gasteiger partial charge in [0.15, 0.2) is 0 Å². The van der Waals surface area contributed by atoms with Crippen molar-refractivity contribution in [2.75, 3.05) is 13.2 Å². The van der Waals surface area contributed by atoms with Crippen LogP contribution < -0.4 is 10.3 Å². The smallest absolute Gasteiger partial charge is 0.338 e. The lowest BCUT2D eigenvalue weighted by atomic mass is 10.0. The van der Waals surface area contributed by atoms with E-state index >= 15 is 0 Å². The maximum atomic E-state index is 12.5. The maximum Gasteiger partial charge on any atom is 0.338 e. The summed E-state index contributed by atoms with van der Waals surface area (Å²) in [5.41, 5.74) is 2.52. The molecule has 1 aliphatic rings. The van der Waals surface area contributed by atoms with Gasteiger partial charge in [0.25, 0.3) is 0 Å². The van der Waals surface area contributed by atoms with E-state index in [1.807, 2.05) is 26.0 Å². The van der Waals surface area contributed by atoms with E-state index in [-0.39, 0.29) is 29.7 Å². The zero-order chi connectivity index (χ0) is 23.6. The zero-order valence-electron chi connectivity index (χ0n) is 18.4. The maximum absolute atomic E-state index is 12.5. The van der Waals surface area contributed by atoms with Crippen LogP contribution in [0.4, 0.5) is 0 Å². The second kappa shape index (κ2) is 9.46. The number of ether oxygens (including phenoxy) is 2. The summed E-state index contributed by atoms with van der Waals surface area (Å²) in [5.74, 6) is -0.628. The molecule has 0 aliphatic carbocycles. The summed E-state index contributed by atoms with van der Waals surface area (Å²) in [4.78, 5) is 24.5. The van der Waals surface area contributed by atoms with Gasteiger partial charge in [-0.3, -0.25) is 0 Å². The third-order valence-corrected chi connectivity index (χ3v) is 7.24. The minimum absolute atomic E-state index is 0.0505. The van der Waals surface area contributed by atoms with Crippen LogP contribution in [0.15, 0.2) is 56.6 Å². The molecular formula is C24H25NO7S. The van der Waals surface area contributed by atoms with Gasteiger partial charge in [0.2, 0.25) is 10.0 Å². The Bertz CT molecular complexity index is 1340.